The third-order valence-electron chi connectivity index (χ3n) is 3.97. The van der Waals surface area contributed by atoms with Crippen molar-refractivity contribution in [2.75, 3.05) is 19.4 Å². The molecule has 1 aromatic carbocycles. The molecular formula is C18H20N4O2S. The largest absolute Gasteiger partial charge is 0.350 e. The zero-order valence-corrected chi connectivity index (χ0v) is 15.5. The quantitative estimate of drug-likeness (QED) is 0.782. The molecule has 0 bridgehead atoms. The van der Waals surface area contributed by atoms with E-state index in [0.29, 0.717) is 15.7 Å². The van der Waals surface area contributed by atoms with Gasteiger partial charge < -0.3 is 14.8 Å². The number of anilines is 1. The number of para-hydroxylation sites is 1. The monoisotopic (exact) mass is 356 g/mol. The van der Waals surface area contributed by atoms with E-state index in [1.54, 1.807) is 21.0 Å². The van der Waals surface area contributed by atoms with Crippen molar-refractivity contribution in [3.8, 4) is 0 Å². The molecule has 0 fully saturated rings. The predicted molar refractivity (Wildman–Crippen MR) is 100 cm³/mol. The van der Waals surface area contributed by atoms with Gasteiger partial charge in [0.25, 0.3) is 5.91 Å². The lowest BCUT2D eigenvalue weighted by molar-refractivity contribution is -0.115. The van der Waals surface area contributed by atoms with Gasteiger partial charge in [-0.1, -0.05) is 29.5 Å². The lowest BCUT2D eigenvalue weighted by atomic mass is 10.1. The van der Waals surface area contributed by atoms with Crippen LogP contribution in [0.5, 0.6) is 0 Å². The first-order valence-corrected chi connectivity index (χ1v) is 8.70. The Labute approximate surface area is 150 Å². The smallest absolute Gasteiger partial charge is 0.265 e. The van der Waals surface area contributed by atoms with Gasteiger partial charge in [0.1, 0.15) is 4.88 Å². The Balaban J connectivity index is 1.77. The van der Waals surface area contributed by atoms with Gasteiger partial charge in [0.15, 0.2) is 5.13 Å². The number of rotatable bonds is 4. The average molecular weight is 356 g/mol. The standard InChI is InChI=1S/C18H20N4O2S/c1-11-16(17(24)21(2)3)25-18(19-11)20-15(23)9-12-10-22(4)14-8-6-5-7-13(12)14/h5-8,10H,9H2,1-4H3,(H,19,20,23). The Morgan fingerprint density at radius 2 is 2.00 bits per heavy atom. The van der Waals surface area contributed by atoms with Crippen molar-refractivity contribution in [3.05, 3.63) is 46.6 Å². The fraction of sp³-hybridized carbons (Fsp3) is 0.278. The molecule has 0 spiro atoms. The molecule has 6 nitrogen and oxygen atoms in total. The highest BCUT2D eigenvalue weighted by atomic mass is 32.1. The maximum atomic E-state index is 12.4. The molecule has 2 aromatic heterocycles. The lowest BCUT2D eigenvalue weighted by Gasteiger charge is -2.07. The van der Waals surface area contributed by atoms with Crippen LogP contribution in [0.25, 0.3) is 10.9 Å². The summed E-state index contributed by atoms with van der Waals surface area (Å²) >= 11 is 1.20. The molecule has 2 heterocycles. The van der Waals surface area contributed by atoms with E-state index in [0.717, 1.165) is 16.5 Å². The Morgan fingerprint density at radius 3 is 2.72 bits per heavy atom. The third kappa shape index (κ3) is 3.41. The number of carbonyl (C=O) groups excluding carboxylic acids is 2. The van der Waals surface area contributed by atoms with Crippen LogP contribution in [0.2, 0.25) is 0 Å². The summed E-state index contributed by atoms with van der Waals surface area (Å²) in [6.07, 6.45) is 2.23. The van der Waals surface area contributed by atoms with Gasteiger partial charge in [0.2, 0.25) is 5.91 Å². The van der Waals surface area contributed by atoms with Crippen molar-refractivity contribution in [1.82, 2.24) is 14.5 Å². The minimum atomic E-state index is -0.144. The molecular weight excluding hydrogens is 336 g/mol. The van der Waals surface area contributed by atoms with Gasteiger partial charge in [-0.15, -0.1) is 0 Å². The van der Waals surface area contributed by atoms with Gasteiger partial charge in [-0.05, 0) is 18.6 Å². The summed E-state index contributed by atoms with van der Waals surface area (Å²) in [5, 5.41) is 4.33. The lowest BCUT2D eigenvalue weighted by Crippen LogP contribution is -2.21. The van der Waals surface area contributed by atoms with E-state index in [4.69, 9.17) is 0 Å². The van der Waals surface area contributed by atoms with E-state index >= 15 is 0 Å². The zero-order valence-electron chi connectivity index (χ0n) is 14.7. The molecule has 7 heteroatoms. The molecule has 0 saturated heterocycles. The number of hydrogen-bond donors (Lipinski definition) is 1. The number of aromatic nitrogens is 2. The van der Waals surface area contributed by atoms with Gasteiger partial charge in [0.05, 0.1) is 12.1 Å². The maximum Gasteiger partial charge on any atom is 0.265 e. The number of nitrogens with one attached hydrogen (secondary N) is 1. The van der Waals surface area contributed by atoms with E-state index in [1.165, 1.54) is 16.2 Å². The fourth-order valence-electron chi connectivity index (χ4n) is 2.75. The van der Waals surface area contributed by atoms with Crippen LogP contribution in [0.15, 0.2) is 30.5 Å². The van der Waals surface area contributed by atoms with Crippen molar-refractivity contribution in [3.63, 3.8) is 0 Å². The molecule has 2 amide bonds. The summed E-state index contributed by atoms with van der Waals surface area (Å²) in [4.78, 5) is 30.8. The fourth-order valence-corrected chi connectivity index (χ4v) is 3.76. The minimum Gasteiger partial charge on any atom is -0.350 e. The molecule has 0 atom stereocenters. The van der Waals surface area contributed by atoms with Crippen molar-refractivity contribution < 1.29 is 9.59 Å². The van der Waals surface area contributed by atoms with Crippen LogP contribution in [-0.2, 0) is 18.3 Å². The number of amides is 2. The van der Waals surface area contributed by atoms with E-state index in [2.05, 4.69) is 10.3 Å². The van der Waals surface area contributed by atoms with E-state index < -0.39 is 0 Å². The molecule has 130 valence electrons. The molecule has 0 saturated carbocycles. The summed E-state index contributed by atoms with van der Waals surface area (Å²) in [7, 11) is 5.35. The first-order chi connectivity index (χ1) is 11.9. The van der Waals surface area contributed by atoms with E-state index in [-0.39, 0.29) is 18.2 Å². The molecule has 25 heavy (non-hydrogen) atoms. The van der Waals surface area contributed by atoms with Gasteiger partial charge in [-0.2, -0.15) is 0 Å². The summed E-state index contributed by atoms with van der Waals surface area (Å²) < 4.78 is 2.01. The molecule has 0 aliphatic carbocycles. The van der Waals surface area contributed by atoms with Crippen LogP contribution in [0.4, 0.5) is 5.13 Å². The van der Waals surface area contributed by atoms with Gasteiger partial charge in [-0.25, -0.2) is 4.98 Å². The SMILES string of the molecule is Cc1nc(NC(=O)Cc2cn(C)c3ccccc23)sc1C(=O)N(C)C. The van der Waals surface area contributed by atoms with Crippen molar-refractivity contribution in [1.29, 1.82) is 0 Å². The molecule has 3 aromatic rings. The third-order valence-corrected chi connectivity index (χ3v) is 5.03. The van der Waals surface area contributed by atoms with Crippen molar-refractivity contribution in [2.24, 2.45) is 7.05 Å². The summed E-state index contributed by atoms with van der Waals surface area (Å²) in [6, 6.07) is 7.99. The maximum absolute atomic E-state index is 12.4. The number of carbonyl (C=O) groups is 2. The number of fused-ring (bicyclic) bond motifs is 1. The Hall–Kier alpha value is -2.67. The van der Waals surface area contributed by atoms with Crippen molar-refractivity contribution in [2.45, 2.75) is 13.3 Å². The zero-order chi connectivity index (χ0) is 18.1. The highest BCUT2D eigenvalue weighted by Gasteiger charge is 2.18. The highest BCUT2D eigenvalue weighted by molar-refractivity contribution is 7.17. The molecule has 0 radical (unpaired) electrons. The second kappa shape index (κ2) is 6.68. The topological polar surface area (TPSA) is 67.2 Å². The van der Waals surface area contributed by atoms with E-state index in [9.17, 15) is 9.59 Å². The number of benzene rings is 1. The highest BCUT2D eigenvalue weighted by Crippen LogP contribution is 2.25. The average Bonchev–Trinajstić information content (AvgIpc) is 3.07. The van der Waals surface area contributed by atoms with E-state index in [1.807, 2.05) is 42.1 Å². The number of thiazole rings is 1. The van der Waals surface area contributed by atoms with Gasteiger partial charge in [0, 0.05) is 38.2 Å². The van der Waals surface area contributed by atoms with Crippen LogP contribution in [0, 0.1) is 6.92 Å². The first kappa shape index (κ1) is 17.2. The molecule has 0 unspecified atom stereocenters. The molecule has 0 aliphatic heterocycles. The van der Waals surface area contributed by atoms with Crippen LogP contribution < -0.4 is 5.32 Å². The normalized spacial score (nSPS) is 10.9. The second-order valence-corrected chi connectivity index (χ2v) is 7.14. The summed E-state index contributed by atoms with van der Waals surface area (Å²) in [5.41, 5.74) is 2.69. The van der Waals surface area contributed by atoms with Gasteiger partial charge in [-0.3, -0.25) is 9.59 Å². The molecule has 1 N–H and O–H groups in total. The number of hydrogen-bond acceptors (Lipinski definition) is 4. The first-order valence-electron chi connectivity index (χ1n) is 7.88. The van der Waals surface area contributed by atoms with Crippen LogP contribution in [-0.4, -0.2) is 40.4 Å². The summed E-state index contributed by atoms with van der Waals surface area (Å²) in [6.45, 7) is 1.77. The Bertz CT molecular complexity index is 955. The summed E-state index contributed by atoms with van der Waals surface area (Å²) in [5.74, 6) is -0.251. The Kier molecular flexibility index (Phi) is 4.59. The molecule has 0 aliphatic rings. The minimum absolute atomic E-state index is 0.107. The van der Waals surface area contributed by atoms with Crippen LogP contribution in [0.3, 0.4) is 0 Å². The second-order valence-electron chi connectivity index (χ2n) is 6.14. The molecule has 3 rings (SSSR count). The number of nitrogens with zero attached hydrogens (tertiary/aromatic N) is 3. The predicted octanol–water partition coefficient (Wildman–Crippen LogP) is 2.83. The van der Waals surface area contributed by atoms with Crippen LogP contribution in [0.1, 0.15) is 20.9 Å². The van der Waals surface area contributed by atoms with Crippen molar-refractivity contribution >= 4 is 39.2 Å². The van der Waals surface area contributed by atoms with Crippen LogP contribution >= 0.6 is 11.3 Å². The number of aryl methyl sites for hydroxylation is 2. The Morgan fingerprint density at radius 1 is 1.28 bits per heavy atom. The van der Waals surface area contributed by atoms with Gasteiger partial charge >= 0.3 is 0 Å².